The highest BCUT2D eigenvalue weighted by Crippen LogP contribution is 2.25. The normalized spacial score (nSPS) is 22.2. The molecule has 0 spiro atoms. The van der Waals surface area contributed by atoms with Crippen LogP contribution in [0.4, 0.5) is 13.2 Å². The summed E-state index contributed by atoms with van der Waals surface area (Å²) in [6, 6.07) is 5.18. The summed E-state index contributed by atoms with van der Waals surface area (Å²) in [5, 5.41) is 9.13. The summed E-state index contributed by atoms with van der Waals surface area (Å²) in [5.74, 6) is -0.715. The standard InChI is InChI=1S/C16H20F3NO4/c1-11-8-12(15(21)22)10-20(9-11)6-7-23-13-2-4-14(5-3-13)24-16(17,18)19/h2-5,11-12H,6-10H2,1H3,(H,21,22). The van der Waals surface area contributed by atoms with Gasteiger partial charge in [-0.2, -0.15) is 0 Å². The van der Waals surface area contributed by atoms with Crippen LogP contribution >= 0.6 is 0 Å². The Morgan fingerprint density at radius 3 is 2.46 bits per heavy atom. The Labute approximate surface area is 138 Å². The van der Waals surface area contributed by atoms with Crippen LogP contribution in [0.15, 0.2) is 24.3 Å². The molecule has 2 atom stereocenters. The van der Waals surface area contributed by atoms with Crippen molar-refractivity contribution in [2.45, 2.75) is 19.7 Å². The van der Waals surface area contributed by atoms with Crippen molar-refractivity contribution < 1.29 is 32.5 Å². The molecule has 0 aromatic heterocycles. The smallest absolute Gasteiger partial charge is 0.492 e. The zero-order chi connectivity index (χ0) is 17.7. The number of halogens is 3. The molecule has 1 aromatic carbocycles. The molecule has 0 amide bonds. The summed E-state index contributed by atoms with van der Waals surface area (Å²) in [5.41, 5.74) is 0. The number of carbonyl (C=O) groups is 1. The largest absolute Gasteiger partial charge is 0.573 e. The minimum atomic E-state index is -4.71. The van der Waals surface area contributed by atoms with Crippen LogP contribution in [0.2, 0.25) is 0 Å². The highest BCUT2D eigenvalue weighted by Gasteiger charge is 2.31. The second-order valence-electron chi connectivity index (χ2n) is 6.00. The number of carboxylic acids is 1. The van der Waals surface area contributed by atoms with Crippen LogP contribution in [0, 0.1) is 11.8 Å². The maximum absolute atomic E-state index is 12.1. The third kappa shape index (κ3) is 5.92. The van der Waals surface area contributed by atoms with Crippen LogP contribution in [-0.4, -0.2) is 48.6 Å². The Morgan fingerprint density at radius 1 is 1.25 bits per heavy atom. The fraction of sp³-hybridized carbons (Fsp3) is 0.562. The Kier molecular flexibility index (Phi) is 5.93. The van der Waals surface area contributed by atoms with Crippen molar-refractivity contribution in [1.82, 2.24) is 4.90 Å². The Hall–Kier alpha value is -1.96. The van der Waals surface area contributed by atoms with Crippen LogP contribution in [0.1, 0.15) is 13.3 Å². The fourth-order valence-electron chi connectivity index (χ4n) is 2.85. The number of benzene rings is 1. The number of ether oxygens (including phenoxy) is 2. The van der Waals surface area contributed by atoms with Gasteiger partial charge in [0.1, 0.15) is 18.1 Å². The molecule has 1 aliphatic rings. The van der Waals surface area contributed by atoms with Crippen molar-refractivity contribution in [3.63, 3.8) is 0 Å². The summed E-state index contributed by atoms with van der Waals surface area (Å²) in [6.45, 7) is 4.21. The van der Waals surface area contributed by atoms with E-state index in [1.54, 1.807) is 0 Å². The summed E-state index contributed by atoms with van der Waals surface area (Å²) < 4.78 is 45.5. The average molecular weight is 347 g/mol. The van der Waals surface area contributed by atoms with Gasteiger partial charge in [-0.3, -0.25) is 9.69 Å². The van der Waals surface area contributed by atoms with Gasteiger partial charge < -0.3 is 14.6 Å². The van der Waals surface area contributed by atoms with Gasteiger partial charge in [0.15, 0.2) is 0 Å². The second kappa shape index (κ2) is 7.74. The topological polar surface area (TPSA) is 59.0 Å². The number of hydrogen-bond acceptors (Lipinski definition) is 4. The minimum Gasteiger partial charge on any atom is -0.492 e. The van der Waals surface area contributed by atoms with Gasteiger partial charge in [0.05, 0.1) is 5.92 Å². The molecule has 0 saturated carbocycles. The van der Waals surface area contributed by atoms with Crippen LogP contribution in [0.5, 0.6) is 11.5 Å². The maximum Gasteiger partial charge on any atom is 0.573 e. The highest BCUT2D eigenvalue weighted by molar-refractivity contribution is 5.70. The Balaban J connectivity index is 1.78. The number of piperidine rings is 1. The molecule has 1 aromatic rings. The van der Waals surface area contributed by atoms with E-state index in [9.17, 15) is 18.0 Å². The van der Waals surface area contributed by atoms with Gasteiger partial charge >= 0.3 is 12.3 Å². The summed E-state index contributed by atoms with van der Waals surface area (Å²) >= 11 is 0. The van der Waals surface area contributed by atoms with E-state index in [4.69, 9.17) is 9.84 Å². The lowest BCUT2D eigenvalue weighted by Gasteiger charge is -2.34. The lowest BCUT2D eigenvalue weighted by Crippen LogP contribution is -2.44. The minimum absolute atomic E-state index is 0.302. The molecule has 1 fully saturated rings. The number of carboxylic acid groups (broad SMARTS) is 1. The van der Waals surface area contributed by atoms with E-state index in [1.807, 2.05) is 11.8 Å². The lowest BCUT2D eigenvalue weighted by atomic mass is 9.90. The molecule has 1 N–H and O–H groups in total. The van der Waals surface area contributed by atoms with Crippen LogP contribution in [0.25, 0.3) is 0 Å². The first-order valence-electron chi connectivity index (χ1n) is 7.66. The van der Waals surface area contributed by atoms with E-state index in [-0.39, 0.29) is 11.7 Å². The number of aliphatic carboxylic acids is 1. The molecule has 134 valence electrons. The molecular weight excluding hydrogens is 327 g/mol. The number of likely N-dealkylation sites (tertiary alicyclic amines) is 1. The van der Waals surface area contributed by atoms with Gasteiger partial charge in [-0.25, -0.2) is 0 Å². The van der Waals surface area contributed by atoms with Gasteiger partial charge in [0.2, 0.25) is 0 Å². The summed E-state index contributed by atoms with van der Waals surface area (Å²) in [6.07, 6.45) is -4.04. The molecule has 1 aliphatic heterocycles. The zero-order valence-corrected chi connectivity index (χ0v) is 13.3. The van der Waals surface area contributed by atoms with Crippen molar-refractivity contribution >= 4 is 5.97 Å². The SMILES string of the molecule is CC1CC(C(=O)O)CN(CCOc2ccc(OC(F)(F)F)cc2)C1. The molecule has 0 aliphatic carbocycles. The summed E-state index contributed by atoms with van der Waals surface area (Å²) in [7, 11) is 0. The summed E-state index contributed by atoms with van der Waals surface area (Å²) in [4.78, 5) is 13.2. The zero-order valence-electron chi connectivity index (χ0n) is 13.3. The van der Waals surface area contributed by atoms with Gasteiger partial charge in [0.25, 0.3) is 0 Å². The molecule has 0 radical (unpaired) electrons. The van der Waals surface area contributed by atoms with Crippen LogP contribution in [-0.2, 0) is 4.79 Å². The van der Waals surface area contributed by atoms with E-state index in [1.165, 1.54) is 24.3 Å². The fourth-order valence-corrected chi connectivity index (χ4v) is 2.85. The van der Waals surface area contributed by atoms with E-state index >= 15 is 0 Å². The quantitative estimate of drug-likeness (QED) is 0.857. The second-order valence-corrected chi connectivity index (χ2v) is 6.00. The molecule has 2 unspecified atom stereocenters. The van der Waals surface area contributed by atoms with E-state index in [0.29, 0.717) is 37.8 Å². The first-order chi connectivity index (χ1) is 11.2. The molecule has 1 heterocycles. The predicted octanol–water partition coefficient (Wildman–Crippen LogP) is 3.01. The molecule has 0 bridgehead atoms. The number of nitrogens with zero attached hydrogens (tertiary/aromatic N) is 1. The van der Waals surface area contributed by atoms with E-state index < -0.39 is 12.3 Å². The van der Waals surface area contributed by atoms with Crippen LogP contribution < -0.4 is 9.47 Å². The molecule has 8 heteroatoms. The molecule has 1 saturated heterocycles. The first kappa shape index (κ1) is 18.4. The van der Waals surface area contributed by atoms with Gasteiger partial charge in [-0.05, 0) is 36.6 Å². The maximum atomic E-state index is 12.1. The Morgan fingerprint density at radius 2 is 1.88 bits per heavy atom. The van der Waals surface area contributed by atoms with Crippen molar-refractivity contribution in [1.29, 1.82) is 0 Å². The Bertz CT molecular complexity index is 547. The van der Waals surface area contributed by atoms with Gasteiger partial charge in [-0.1, -0.05) is 6.92 Å². The number of hydrogen-bond donors (Lipinski definition) is 1. The van der Waals surface area contributed by atoms with Crippen molar-refractivity contribution in [3.05, 3.63) is 24.3 Å². The van der Waals surface area contributed by atoms with Crippen molar-refractivity contribution in [2.75, 3.05) is 26.2 Å². The third-order valence-electron chi connectivity index (χ3n) is 3.82. The molecule has 2 rings (SSSR count). The van der Waals surface area contributed by atoms with E-state index in [2.05, 4.69) is 4.74 Å². The number of rotatable bonds is 6. The first-order valence-corrected chi connectivity index (χ1v) is 7.66. The van der Waals surface area contributed by atoms with E-state index in [0.717, 1.165) is 6.54 Å². The number of alkyl halides is 3. The average Bonchev–Trinajstić information content (AvgIpc) is 2.47. The molecule has 24 heavy (non-hydrogen) atoms. The van der Waals surface area contributed by atoms with Crippen LogP contribution in [0.3, 0.4) is 0 Å². The van der Waals surface area contributed by atoms with Gasteiger partial charge in [0, 0.05) is 19.6 Å². The van der Waals surface area contributed by atoms with Crippen molar-refractivity contribution in [3.8, 4) is 11.5 Å². The lowest BCUT2D eigenvalue weighted by molar-refractivity contribution is -0.274. The monoisotopic (exact) mass is 347 g/mol. The van der Waals surface area contributed by atoms with Gasteiger partial charge in [-0.15, -0.1) is 13.2 Å². The molecular formula is C16H20F3NO4. The third-order valence-corrected chi connectivity index (χ3v) is 3.82. The highest BCUT2D eigenvalue weighted by atomic mass is 19.4. The van der Waals surface area contributed by atoms with Crippen molar-refractivity contribution in [2.24, 2.45) is 11.8 Å². The predicted molar refractivity (Wildman–Crippen MR) is 80.0 cm³/mol. The molecule has 5 nitrogen and oxygen atoms in total.